The molecule has 1 amide bonds. The van der Waals surface area contributed by atoms with Gasteiger partial charge in [-0.2, -0.15) is 0 Å². The van der Waals surface area contributed by atoms with E-state index in [-0.39, 0.29) is 18.6 Å². The number of para-hydroxylation sites is 1. The monoisotopic (exact) mass is 416 g/mol. The number of hydrogen-bond donors (Lipinski definition) is 1. The number of benzene rings is 2. The number of carbonyl (C=O) groups is 2. The lowest BCUT2D eigenvalue weighted by Crippen LogP contribution is -2.38. The van der Waals surface area contributed by atoms with Gasteiger partial charge in [0.1, 0.15) is 0 Å². The minimum atomic E-state index is -0.511. The van der Waals surface area contributed by atoms with Crippen LogP contribution in [0.4, 0.5) is 0 Å². The summed E-state index contributed by atoms with van der Waals surface area (Å²) in [6.07, 6.45) is 7.99. The molecule has 0 bridgehead atoms. The second kappa shape index (κ2) is 10.2. The molecule has 1 aliphatic rings. The molecule has 1 aromatic heterocycles. The fraction of sp³-hybridized carbons (Fsp3) is 0.346. The number of nitrogens with zero attached hydrogens (tertiary/aromatic N) is 1. The summed E-state index contributed by atoms with van der Waals surface area (Å²) in [5.41, 5.74) is 2.76. The molecule has 31 heavy (non-hydrogen) atoms. The van der Waals surface area contributed by atoms with Crippen molar-refractivity contribution in [2.24, 2.45) is 0 Å². The molecule has 0 unspecified atom stereocenters. The number of carbonyl (C=O) groups excluding carboxylic acids is 2. The van der Waals surface area contributed by atoms with E-state index in [0.717, 1.165) is 36.8 Å². The van der Waals surface area contributed by atoms with Crippen molar-refractivity contribution in [2.45, 2.75) is 51.0 Å². The van der Waals surface area contributed by atoms with Gasteiger partial charge < -0.3 is 10.1 Å². The molecule has 0 aliphatic heterocycles. The van der Waals surface area contributed by atoms with Crippen LogP contribution in [0.2, 0.25) is 0 Å². The van der Waals surface area contributed by atoms with E-state index in [2.05, 4.69) is 5.32 Å². The highest BCUT2D eigenvalue weighted by molar-refractivity contribution is 6.05. The Morgan fingerprint density at radius 1 is 0.903 bits per heavy atom. The molecule has 4 rings (SSSR count). The van der Waals surface area contributed by atoms with E-state index >= 15 is 0 Å². The molecule has 0 atom stereocenters. The quantitative estimate of drug-likeness (QED) is 0.574. The maximum absolute atomic E-state index is 12.9. The van der Waals surface area contributed by atoms with Crippen LogP contribution >= 0.6 is 0 Å². The SMILES string of the molecule is O=C(COC(=O)c1cc(-c2ccccc2)nc2ccccc12)NC1CCCCCCC1. The highest BCUT2D eigenvalue weighted by Crippen LogP contribution is 2.25. The maximum atomic E-state index is 12.9. The van der Waals surface area contributed by atoms with Gasteiger partial charge in [-0.05, 0) is 25.0 Å². The Morgan fingerprint density at radius 3 is 2.35 bits per heavy atom. The summed E-state index contributed by atoms with van der Waals surface area (Å²) in [4.78, 5) is 30.0. The Morgan fingerprint density at radius 2 is 1.58 bits per heavy atom. The third kappa shape index (κ3) is 5.48. The Kier molecular flexibility index (Phi) is 6.92. The Hall–Kier alpha value is -3.21. The van der Waals surface area contributed by atoms with Crippen LogP contribution in [0.15, 0.2) is 60.7 Å². The minimum absolute atomic E-state index is 0.179. The Balaban J connectivity index is 1.47. The number of fused-ring (bicyclic) bond motifs is 1. The highest BCUT2D eigenvalue weighted by Gasteiger charge is 2.18. The molecule has 5 nitrogen and oxygen atoms in total. The number of rotatable bonds is 5. The summed E-state index contributed by atoms with van der Waals surface area (Å²) in [6, 6.07) is 19.1. The molecule has 1 fully saturated rings. The summed E-state index contributed by atoms with van der Waals surface area (Å²) < 4.78 is 5.41. The van der Waals surface area contributed by atoms with Gasteiger partial charge in [0.25, 0.3) is 5.91 Å². The van der Waals surface area contributed by atoms with Crippen LogP contribution in [0.1, 0.15) is 55.3 Å². The molecule has 2 aromatic carbocycles. The average Bonchev–Trinajstić information content (AvgIpc) is 2.79. The van der Waals surface area contributed by atoms with E-state index in [9.17, 15) is 9.59 Å². The summed E-state index contributed by atoms with van der Waals surface area (Å²) in [6.45, 7) is -0.271. The van der Waals surface area contributed by atoms with Crippen molar-refractivity contribution >= 4 is 22.8 Å². The van der Waals surface area contributed by atoms with Crippen molar-refractivity contribution in [3.63, 3.8) is 0 Å². The molecule has 0 spiro atoms. The number of nitrogens with one attached hydrogen (secondary N) is 1. The Bertz CT molecular complexity index is 1040. The van der Waals surface area contributed by atoms with E-state index in [1.807, 2.05) is 54.6 Å². The van der Waals surface area contributed by atoms with Crippen LogP contribution in [0.5, 0.6) is 0 Å². The first-order valence-electron chi connectivity index (χ1n) is 11.1. The predicted molar refractivity (Wildman–Crippen MR) is 122 cm³/mol. The van der Waals surface area contributed by atoms with Gasteiger partial charge in [-0.1, -0.05) is 80.6 Å². The van der Waals surface area contributed by atoms with Crippen molar-refractivity contribution in [1.82, 2.24) is 10.3 Å². The number of hydrogen-bond acceptors (Lipinski definition) is 4. The summed E-state index contributed by atoms with van der Waals surface area (Å²) in [5.74, 6) is -0.746. The van der Waals surface area contributed by atoms with E-state index in [0.29, 0.717) is 16.6 Å². The zero-order valence-electron chi connectivity index (χ0n) is 17.7. The van der Waals surface area contributed by atoms with Crippen molar-refractivity contribution < 1.29 is 14.3 Å². The van der Waals surface area contributed by atoms with E-state index in [1.54, 1.807) is 6.07 Å². The molecule has 0 saturated heterocycles. The minimum Gasteiger partial charge on any atom is -0.452 e. The maximum Gasteiger partial charge on any atom is 0.339 e. The highest BCUT2D eigenvalue weighted by atomic mass is 16.5. The third-order valence-electron chi connectivity index (χ3n) is 5.81. The first kappa shape index (κ1) is 21.0. The van der Waals surface area contributed by atoms with Gasteiger partial charge in [0.05, 0.1) is 16.8 Å². The largest absolute Gasteiger partial charge is 0.452 e. The van der Waals surface area contributed by atoms with Gasteiger partial charge >= 0.3 is 5.97 Å². The van der Waals surface area contributed by atoms with E-state index < -0.39 is 5.97 Å². The van der Waals surface area contributed by atoms with Crippen LogP contribution in [0.3, 0.4) is 0 Å². The zero-order valence-corrected chi connectivity index (χ0v) is 17.7. The van der Waals surface area contributed by atoms with Gasteiger partial charge in [-0.25, -0.2) is 9.78 Å². The Labute approximate surface area is 182 Å². The zero-order chi connectivity index (χ0) is 21.5. The number of amides is 1. The molecule has 1 aliphatic carbocycles. The standard InChI is InChI=1S/C26H28N2O3/c29-25(27-20-13-7-2-1-3-8-14-20)18-31-26(30)22-17-24(19-11-5-4-6-12-19)28-23-16-10-9-15-21(22)23/h4-6,9-12,15-17,20H,1-3,7-8,13-14,18H2,(H,27,29). The molecule has 160 valence electrons. The second-order valence-electron chi connectivity index (χ2n) is 8.12. The van der Waals surface area contributed by atoms with Gasteiger partial charge in [0, 0.05) is 17.0 Å². The van der Waals surface area contributed by atoms with Crippen molar-refractivity contribution in [3.05, 3.63) is 66.2 Å². The second-order valence-corrected chi connectivity index (χ2v) is 8.12. The average molecular weight is 417 g/mol. The molecule has 5 heteroatoms. The van der Waals surface area contributed by atoms with Gasteiger partial charge in [0.2, 0.25) is 0 Å². The molecular weight excluding hydrogens is 388 g/mol. The number of pyridine rings is 1. The number of esters is 1. The topological polar surface area (TPSA) is 68.3 Å². The van der Waals surface area contributed by atoms with Crippen molar-refractivity contribution in [2.75, 3.05) is 6.61 Å². The molecule has 1 heterocycles. The lowest BCUT2D eigenvalue weighted by atomic mass is 9.97. The molecule has 0 radical (unpaired) electrons. The first-order chi connectivity index (χ1) is 15.2. The van der Waals surface area contributed by atoms with Crippen molar-refractivity contribution in [3.8, 4) is 11.3 Å². The summed E-state index contributed by atoms with van der Waals surface area (Å²) in [5, 5.41) is 3.75. The number of aromatic nitrogens is 1. The van der Waals surface area contributed by atoms with Crippen LogP contribution in [-0.4, -0.2) is 29.5 Å². The fourth-order valence-electron chi connectivity index (χ4n) is 4.18. The lowest BCUT2D eigenvalue weighted by Gasteiger charge is -2.21. The van der Waals surface area contributed by atoms with Gasteiger partial charge in [-0.3, -0.25) is 4.79 Å². The van der Waals surface area contributed by atoms with E-state index in [1.165, 1.54) is 19.3 Å². The van der Waals surface area contributed by atoms with E-state index in [4.69, 9.17) is 9.72 Å². The molecule has 3 aromatic rings. The molecule has 1 saturated carbocycles. The first-order valence-corrected chi connectivity index (χ1v) is 11.1. The molecule has 1 N–H and O–H groups in total. The predicted octanol–water partition coefficient (Wildman–Crippen LogP) is 5.29. The number of ether oxygens (including phenoxy) is 1. The van der Waals surface area contributed by atoms with Crippen LogP contribution in [-0.2, 0) is 9.53 Å². The van der Waals surface area contributed by atoms with Crippen molar-refractivity contribution in [1.29, 1.82) is 0 Å². The van der Waals surface area contributed by atoms with Gasteiger partial charge in [0.15, 0.2) is 6.61 Å². The molecular formula is C26H28N2O3. The van der Waals surface area contributed by atoms with Crippen LogP contribution < -0.4 is 5.32 Å². The summed E-state index contributed by atoms with van der Waals surface area (Å²) >= 11 is 0. The summed E-state index contributed by atoms with van der Waals surface area (Å²) in [7, 11) is 0. The smallest absolute Gasteiger partial charge is 0.339 e. The van der Waals surface area contributed by atoms with Crippen LogP contribution in [0, 0.1) is 0 Å². The van der Waals surface area contributed by atoms with Crippen LogP contribution in [0.25, 0.3) is 22.2 Å². The van der Waals surface area contributed by atoms with Gasteiger partial charge in [-0.15, -0.1) is 0 Å². The fourth-order valence-corrected chi connectivity index (χ4v) is 4.18. The third-order valence-corrected chi connectivity index (χ3v) is 5.81. The normalized spacial score (nSPS) is 15.1. The lowest BCUT2D eigenvalue weighted by molar-refractivity contribution is -0.125.